The van der Waals surface area contributed by atoms with Gasteiger partial charge in [0.15, 0.2) is 0 Å². The minimum atomic E-state index is 0.0942. The Morgan fingerprint density at radius 3 is 2.76 bits per heavy atom. The van der Waals surface area contributed by atoms with Crippen LogP contribution in [0.5, 0.6) is 0 Å². The maximum Gasteiger partial charge on any atom is 0.240 e. The smallest absolute Gasteiger partial charge is 0.240 e. The van der Waals surface area contributed by atoms with Crippen LogP contribution in [0.3, 0.4) is 0 Å². The molecule has 3 nitrogen and oxygen atoms in total. The lowest BCUT2D eigenvalue weighted by atomic mass is 10.1. The van der Waals surface area contributed by atoms with Gasteiger partial charge in [0.05, 0.1) is 12.2 Å². The third-order valence-electron chi connectivity index (χ3n) is 4.47. The van der Waals surface area contributed by atoms with Crippen LogP contribution in [0.2, 0.25) is 5.02 Å². The number of rotatable bonds is 4. The molecule has 2 aromatic carbocycles. The summed E-state index contributed by atoms with van der Waals surface area (Å²) < 4.78 is 0. The number of amides is 1. The number of thioether (sulfide) groups is 1. The van der Waals surface area contributed by atoms with E-state index < -0.39 is 0 Å². The molecule has 2 atom stereocenters. The molecule has 0 bridgehead atoms. The molecule has 0 saturated heterocycles. The van der Waals surface area contributed by atoms with Crippen molar-refractivity contribution in [2.75, 3.05) is 18.0 Å². The fourth-order valence-corrected chi connectivity index (χ4v) is 4.19. The van der Waals surface area contributed by atoms with Crippen molar-refractivity contribution in [3.63, 3.8) is 0 Å². The third-order valence-corrected chi connectivity index (χ3v) is 5.96. The number of carbonyl (C=O) groups is 1. The van der Waals surface area contributed by atoms with Crippen molar-refractivity contribution >= 4 is 35.0 Å². The van der Waals surface area contributed by atoms with Gasteiger partial charge in [0.1, 0.15) is 0 Å². The van der Waals surface area contributed by atoms with Gasteiger partial charge in [-0.05, 0) is 43.2 Å². The molecule has 0 spiro atoms. The zero-order chi connectivity index (χ0) is 17.8. The zero-order valence-corrected chi connectivity index (χ0v) is 16.1. The summed E-state index contributed by atoms with van der Waals surface area (Å²) in [5.41, 5.74) is 2.15. The van der Waals surface area contributed by atoms with Crippen LogP contribution >= 0.6 is 23.4 Å². The van der Waals surface area contributed by atoms with Crippen LogP contribution in [-0.4, -0.2) is 24.2 Å². The van der Waals surface area contributed by atoms with Crippen LogP contribution in [0.4, 0.5) is 5.69 Å². The van der Waals surface area contributed by atoms with Gasteiger partial charge in [-0.2, -0.15) is 0 Å². The number of hydrogen-bond donors (Lipinski definition) is 1. The van der Waals surface area contributed by atoms with Crippen molar-refractivity contribution in [2.24, 2.45) is 0 Å². The minimum Gasteiger partial charge on any atom is -0.310 e. The van der Waals surface area contributed by atoms with Crippen molar-refractivity contribution in [2.45, 2.75) is 36.5 Å². The highest BCUT2D eigenvalue weighted by atomic mass is 35.5. The Hall–Kier alpha value is -1.49. The van der Waals surface area contributed by atoms with Gasteiger partial charge < -0.3 is 10.2 Å². The molecule has 0 fully saturated rings. The summed E-state index contributed by atoms with van der Waals surface area (Å²) >= 11 is 7.79. The molecule has 1 heterocycles. The molecule has 0 saturated carbocycles. The average Bonchev–Trinajstić information content (AvgIpc) is 2.78. The second-order valence-corrected chi connectivity index (χ2v) is 8.30. The van der Waals surface area contributed by atoms with E-state index in [4.69, 9.17) is 11.6 Å². The average molecular weight is 375 g/mol. The molecule has 1 aliphatic rings. The number of halogens is 1. The summed E-state index contributed by atoms with van der Waals surface area (Å²) in [4.78, 5) is 16.0. The van der Waals surface area contributed by atoms with E-state index in [1.165, 1.54) is 4.90 Å². The van der Waals surface area contributed by atoms with E-state index in [0.29, 0.717) is 11.8 Å². The lowest BCUT2D eigenvalue weighted by Gasteiger charge is -2.24. The van der Waals surface area contributed by atoms with Crippen LogP contribution < -0.4 is 10.2 Å². The predicted octanol–water partition coefficient (Wildman–Crippen LogP) is 4.91. The van der Waals surface area contributed by atoms with Gasteiger partial charge in [-0.3, -0.25) is 4.79 Å². The number of anilines is 1. The number of hydrogen-bond acceptors (Lipinski definition) is 3. The molecule has 1 N–H and O–H groups in total. The summed E-state index contributed by atoms with van der Waals surface area (Å²) in [5, 5.41) is 4.57. The third kappa shape index (κ3) is 4.57. The monoisotopic (exact) mass is 374 g/mol. The topological polar surface area (TPSA) is 32.3 Å². The molecule has 5 heteroatoms. The van der Waals surface area contributed by atoms with Gasteiger partial charge in [-0.25, -0.2) is 0 Å². The lowest BCUT2D eigenvalue weighted by Crippen LogP contribution is -2.39. The highest BCUT2D eigenvalue weighted by Crippen LogP contribution is 2.37. The number of nitrogens with zero attached hydrogens (tertiary/aromatic N) is 1. The maximum atomic E-state index is 12.8. The van der Waals surface area contributed by atoms with E-state index in [1.807, 2.05) is 59.1 Å². The molecular formula is C20H23ClN2OS. The molecule has 2 aromatic rings. The van der Waals surface area contributed by atoms with Gasteiger partial charge in [0.2, 0.25) is 5.91 Å². The van der Waals surface area contributed by atoms with E-state index in [0.717, 1.165) is 29.2 Å². The molecule has 1 aliphatic heterocycles. The van der Waals surface area contributed by atoms with Crippen LogP contribution in [0, 0.1) is 0 Å². The fourth-order valence-electron chi connectivity index (χ4n) is 2.95. The van der Waals surface area contributed by atoms with Gasteiger partial charge in [-0.1, -0.05) is 42.8 Å². The quantitative estimate of drug-likeness (QED) is 0.825. The Labute approximate surface area is 158 Å². The van der Waals surface area contributed by atoms with E-state index in [2.05, 4.69) is 25.2 Å². The van der Waals surface area contributed by atoms with Crippen LogP contribution in [-0.2, 0) is 4.79 Å². The fraction of sp³-hybridized carbons (Fsp3) is 0.350. The van der Waals surface area contributed by atoms with Crippen molar-refractivity contribution in [3.8, 4) is 0 Å². The molecule has 3 rings (SSSR count). The summed E-state index contributed by atoms with van der Waals surface area (Å²) in [7, 11) is 0. The normalized spacial score (nSPS) is 18.4. The number of para-hydroxylation sites is 1. The van der Waals surface area contributed by atoms with E-state index in [-0.39, 0.29) is 11.9 Å². The standard InChI is InChI=1S/C20H23ClN2OS/c1-14-11-12-23(18-5-3-4-6-19(18)25-14)20(24)13-22-15(2)16-7-9-17(21)10-8-16/h3-10,14-15,22H,11-13H2,1-2H3/t14-,15-/m0/s1. The van der Waals surface area contributed by atoms with Gasteiger partial charge in [0, 0.05) is 27.8 Å². The Bertz CT molecular complexity index is 735. The summed E-state index contributed by atoms with van der Waals surface area (Å²) in [5.74, 6) is 0.114. The highest BCUT2D eigenvalue weighted by molar-refractivity contribution is 8.00. The first kappa shape index (κ1) is 18.3. The van der Waals surface area contributed by atoms with E-state index in [9.17, 15) is 4.79 Å². The summed E-state index contributed by atoms with van der Waals surface area (Å²) in [6.07, 6.45) is 0.998. The van der Waals surface area contributed by atoms with Gasteiger partial charge in [-0.15, -0.1) is 11.8 Å². The Kier molecular flexibility index (Phi) is 6.05. The predicted molar refractivity (Wildman–Crippen MR) is 107 cm³/mol. The molecule has 0 aliphatic carbocycles. The summed E-state index contributed by atoms with van der Waals surface area (Å²) in [6.45, 7) is 5.36. The number of fused-ring (bicyclic) bond motifs is 1. The van der Waals surface area contributed by atoms with Gasteiger partial charge in [0.25, 0.3) is 0 Å². The van der Waals surface area contributed by atoms with Crippen LogP contribution in [0.15, 0.2) is 53.4 Å². The Morgan fingerprint density at radius 1 is 1.28 bits per heavy atom. The second kappa shape index (κ2) is 8.26. The first-order valence-corrected chi connectivity index (χ1v) is 9.85. The van der Waals surface area contributed by atoms with Crippen LogP contribution in [0.25, 0.3) is 0 Å². The van der Waals surface area contributed by atoms with E-state index >= 15 is 0 Å². The maximum absolute atomic E-state index is 12.8. The zero-order valence-electron chi connectivity index (χ0n) is 14.5. The Morgan fingerprint density at radius 2 is 2.00 bits per heavy atom. The lowest BCUT2D eigenvalue weighted by molar-refractivity contribution is -0.117. The van der Waals surface area contributed by atoms with Gasteiger partial charge >= 0.3 is 0 Å². The van der Waals surface area contributed by atoms with Crippen LogP contribution in [0.1, 0.15) is 31.9 Å². The molecule has 132 valence electrons. The number of nitrogens with one attached hydrogen (secondary N) is 1. The van der Waals surface area contributed by atoms with Crippen molar-refractivity contribution in [1.29, 1.82) is 0 Å². The first-order valence-electron chi connectivity index (χ1n) is 8.59. The van der Waals surface area contributed by atoms with Crippen molar-refractivity contribution in [3.05, 3.63) is 59.1 Å². The number of benzene rings is 2. The van der Waals surface area contributed by atoms with E-state index in [1.54, 1.807) is 0 Å². The molecule has 25 heavy (non-hydrogen) atoms. The molecular weight excluding hydrogens is 352 g/mol. The number of carbonyl (C=O) groups excluding carboxylic acids is 1. The SMILES string of the molecule is C[C@H](NCC(=O)N1CC[C@H](C)Sc2ccccc21)c1ccc(Cl)cc1. The van der Waals surface area contributed by atoms with Crippen molar-refractivity contribution in [1.82, 2.24) is 5.32 Å². The minimum absolute atomic E-state index is 0.0942. The largest absolute Gasteiger partial charge is 0.310 e. The second-order valence-electron chi connectivity index (χ2n) is 6.38. The van der Waals surface area contributed by atoms with Crippen molar-refractivity contribution < 1.29 is 4.79 Å². The summed E-state index contributed by atoms with van der Waals surface area (Å²) in [6, 6.07) is 16.0. The molecule has 1 amide bonds. The molecule has 0 aromatic heterocycles. The first-order chi connectivity index (χ1) is 12.0. The Balaban J connectivity index is 1.67. The molecule has 0 unspecified atom stereocenters. The molecule has 0 radical (unpaired) electrons. The highest BCUT2D eigenvalue weighted by Gasteiger charge is 2.24.